The van der Waals surface area contributed by atoms with E-state index < -0.39 is 5.97 Å². The van der Waals surface area contributed by atoms with Crippen molar-refractivity contribution in [2.45, 2.75) is 19.9 Å². The lowest BCUT2D eigenvalue weighted by atomic mass is 10.0. The third kappa shape index (κ3) is 3.56. The first kappa shape index (κ1) is 19.4. The lowest BCUT2D eigenvalue weighted by Crippen LogP contribution is -2.28. The molecular weight excluding hydrogens is 354 g/mol. The van der Waals surface area contributed by atoms with Crippen LogP contribution in [-0.4, -0.2) is 31.0 Å². The van der Waals surface area contributed by atoms with E-state index in [0.29, 0.717) is 16.8 Å². The zero-order chi connectivity index (χ0) is 20.3. The maximum atomic E-state index is 13.3. The number of allylic oxidation sites excluding steroid dienone is 1. The molecule has 0 aromatic heterocycles. The first-order valence-electron chi connectivity index (χ1n) is 9.01. The number of rotatable bonds is 5. The highest BCUT2D eigenvalue weighted by molar-refractivity contribution is 6.16. The van der Waals surface area contributed by atoms with Crippen LogP contribution in [-0.2, 0) is 14.3 Å². The number of carbonyl (C=O) groups excluding carboxylic acids is 2. The molecule has 5 heteroatoms. The molecule has 2 aromatic carbocycles. The molecule has 0 saturated carbocycles. The molecule has 0 bridgehead atoms. The fourth-order valence-corrected chi connectivity index (χ4v) is 3.41. The lowest BCUT2D eigenvalue weighted by Gasteiger charge is -2.26. The van der Waals surface area contributed by atoms with E-state index in [-0.39, 0.29) is 11.9 Å². The third-order valence-electron chi connectivity index (χ3n) is 4.93. The first-order chi connectivity index (χ1) is 13.5. The van der Waals surface area contributed by atoms with Gasteiger partial charge in [-0.2, -0.15) is 0 Å². The van der Waals surface area contributed by atoms with Crippen LogP contribution in [0.2, 0.25) is 0 Å². The molecule has 0 fully saturated rings. The Balaban J connectivity index is 2.05. The zero-order valence-corrected chi connectivity index (χ0v) is 16.4. The quantitative estimate of drug-likeness (QED) is 0.581. The Morgan fingerprint density at radius 2 is 1.68 bits per heavy atom. The van der Waals surface area contributed by atoms with Crippen molar-refractivity contribution in [3.05, 3.63) is 82.6 Å². The third-order valence-corrected chi connectivity index (χ3v) is 4.93. The predicted octanol–water partition coefficient (Wildman–Crippen LogP) is 4.13. The van der Waals surface area contributed by atoms with Gasteiger partial charge in [0.15, 0.2) is 0 Å². The van der Waals surface area contributed by atoms with Crippen LogP contribution in [0.3, 0.4) is 0 Å². The molecular formula is C23H23NO4. The van der Waals surface area contributed by atoms with Gasteiger partial charge in [0.1, 0.15) is 5.75 Å². The van der Waals surface area contributed by atoms with Gasteiger partial charge in [0.25, 0.3) is 5.91 Å². The summed E-state index contributed by atoms with van der Waals surface area (Å²) in [5.74, 6) is -0.0161. The lowest BCUT2D eigenvalue weighted by molar-refractivity contribution is -0.136. The smallest absolute Gasteiger partial charge is 0.340 e. The van der Waals surface area contributed by atoms with E-state index in [0.717, 1.165) is 16.9 Å². The van der Waals surface area contributed by atoms with Crippen LogP contribution in [0.15, 0.2) is 71.4 Å². The van der Waals surface area contributed by atoms with Crippen LogP contribution in [0.4, 0.5) is 0 Å². The van der Waals surface area contributed by atoms with Gasteiger partial charge in [-0.25, -0.2) is 4.79 Å². The van der Waals surface area contributed by atoms with Gasteiger partial charge >= 0.3 is 5.97 Å². The fraction of sp³-hybridized carbons (Fsp3) is 0.217. The van der Waals surface area contributed by atoms with E-state index >= 15 is 0 Å². The van der Waals surface area contributed by atoms with Gasteiger partial charge in [0.05, 0.1) is 31.4 Å². The summed E-state index contributed by atoms with van der Waals surface area (Å²) in [6.07, 6.45) is 1.72. The van der Waals surface area contributed by atoms with Crippen LogP contribution >= 0.6 is 0 Å². The summed E-state index contributed by atoms with van der Waals surface area (Å²) in [7, 11) is 2.92. The number of ether oxygens (including phenoxy) is 2. The Bertz CT molecular complexity index is 942. The molecule has 1 aliphatic rings. The van der Waals surface area contributed by atoms with Gasteiger partial charge < -0.3 is 14.4 Å². The predicted molar refractivity (Wildman–Crippen MR) is 107 cm³/mol. The minimum absolute atomic E-state index is 0.213. The number of esters is 1. The Morgan fingerprint density at radius 1 is 1.04 bits per heavy atom. The SMILES string of the molecule is COC(=O)C1=C(C)N(C(C)c2ccccc2)C(=O)/C1=C\c1ccc(OC)cc1. The number of hydrogen-bond donors (Lipinski definition) is 0. The molecule has 1 amide bonds. The largest absolute Gasteiger partial charge is 0.497 e. The van der Waals surface area contributed by atoms with Crippen molar-refractivity contribution in [3.63, 3.8) is 0 Å². The standard InChI is InChI=1S/C23H23NO4/c1-15(18-8-6-5-7-9-18)24-16(2)21(23(26)28-4)20(22(24)25)14-17-10-12-19(27-3)13-11-17/h5-15H,1-4H3/b20-14-. The average molecular weight is 377 g/mol. The second-order valence-corrected chi connectivity index (χ2v) is 6.54. The maximum Gasteiger partial charge on any atom is 0.340 e. The molecule has 0 saturated heterocycles. The zero-order valence-electron chi connectivity index (χ0n) is 16.4. The highest BCUT2D eigenvalue weighted by Gasteiger charge is 2.39. The Hall–Kier alpha value is -3.34. The maximum absolute atomic E-state index is 13.3. The summed E-state index contributed by atoms with van der Waals surface area (Å²) in [4.78, 5) is 27.4. The summed E-state index contributed by atoms with van der Waals surface area (Å²) in [5, 5.41) is 0. The Kier molecular flexibility index (Phi) is 5.64. The summed E-state index contributed by atoms with van der Waals surface area (Å²) in [6.45, 7) is 3.72. The van der Waals surface area contributed by atoms with Gasteiger partial charge in [0, 0.05) is 5.70 Å². The topological polar surface area (TPSA) is 55.8 Å². The second-order valence-electron chi connectivity index (χ2n) is 6.54. The number of benzene rings is 2. The number of methoxy groups -OCH3 is 2. The van der Waals surface area contributed by atoms with Gasteiger partial charge in [-0.3, -0.25) is 4.79 Å². The molecule has 0 radical (unpaired) electrons. The van der Waals surface area contributed by atoms with E-state index in [1.807, 2.05) is 61.5 Å². The summed E-state index contributed by atoms with van der Waals surface area (Å²) in [6, 6.07) is 16.8. The van der Waals surface area contributed by atoms with Crippen LogP contribution in [0.25, 0.3) is 6.08 Å². The van der Waals surface area contributed by atoms with Crippen molar-refractivity contribution in [3.8, 4) is 5.75 Å². The highest BCUT2D eigenvalue weighted by Crippen LogP contribution is 2.37. The number of nitrogens with zero attached hydrogens (tertiary/aromatic N) is 1. The molecule has 0 N–H and O–H groups in total. The number of hydrogen-bond acceptors (Lipinski definition) is 4. The van der Waals surface area contributed by atoms with E-state index in [4.69, 9.17) is 9.47 Å². The van der Waals surface area contributed by atoms with Gasteiger partial charge in [-0.1, -0.05) is 42.5 Å². The van der Waals surface area contributed by atoms with Crippen molar-refractivity contribution in [2.24, 2.45) is 0 Å². The van der Waals surface area contributed by atoms with Gasteiger partial charge in [-0.05, 0) is 43.2 Å². The molecule has 144 valence electrons. The molecule has 1 heterocycles. The number of carbonyl (C=O) groups is 2. The molecule has 3 rings (SSSR count). The van der Waals surface area contributed by atoms with E-state index in [1.165, 1.54) is 7.11 Å². The van der Waals surface area contributed by atoms with Crippen molar-refractivity contribution in [2.75, 3.05) is 14.2 Å². The van der Waals surface area contributed by atoms with Crippen molar-refractivity contribution < 1.29 is 19.1 Å². The molecule has 28 heavy (non-hydrogen) atoms. The van der Waals surface area contributed by atoms with E-state index in [9.17, 15) is 9.59 Å². The van der Waals surface area contributed by atoms with E-state index in [2.05, 4.69) is 0 Å². The van der Waals surface area contributed by atoms with E-state index in [1.54, 1.807) is 25.0 Å². The molecule has 5 nitrogen and oxygen atoms in total. The Morgan fingerprint density at radius 3 is 2.25 bits per heavy atom. The summed E-state index contributed by atoms with van der Waals surface area (Å²) in [5.41, 5.74) is 3.01. The minimum Gasteiger partial charge on any atom is -0.497 e. The van der Waals surface area contributed by atoms with Crippen LogP contribution < -0.4 is 4.74 Å². The molecule has 2 aromatic rings. The van der Waals surface area contributed by atoms with Gasteiger partial charge in [0.2, 0.25) is 0 Å². The molecule has 1 aliphatic heterocycles. The van der Waals surface area contributed by atoms with Crippen LogP contribution in [0.1, 0.15) is 31.0 Å². The number of amides is 1. The van der Waals surface area contributed by atoms with Crippen molar-refractivity contribution in [1.82, 2.24) is 4.90 Å². The summed E-state index contributed by atoms with van der Waals surface area (Å²) < 4.78 is 10.1. The molecule has 1 atom stereocenters. The fourth-order valence-electron chi connectivity index (χ4n) is 3.41. The minimum atomic E-state index is -0.520. The van der Waals surface area contributed by atoms with Crippen LogP contribution in [0, 0.1) is 0 Å². The summed E-state index contributed by atoms with van der Waals surface area (Å²) >= 11 is 0. The second kappa shape index (κ2) is 8.13. The van der Waals surface area contributed by atoms with Crippen molar-refractivity contribution in [1.29, 1.82) is 0 Å². The van der Waals surface area contributed by atoms with Crippen LogP contribution in [0.5, 0.6) is 5.75 Å². The molecule has 1 unspecified atom stereocenters. The monoisotopic (exact) mass is 377 g/mol. The normalized spacial score (nSPS) is 16.5. The molecule has 0 aliphatic carbocycles. The van der Waals surface area contributed by atoms with Gasteiger partial charge in [-0.15, -0.1) is 0 Å². The average Bonchev–Trinajstić information content (AvgIpc) is 2.97. The molecule has 0 spiro atoms. The van der Waals surface area contributed by atoms with Crippen molar-refractivity contribution >= 4 is 18.0 Å². The highest BCUT2D eigenvalue weighted by atomic mass is 16.5. The Labute approximate surface area is 164 Å². The first-order valence-corrected chi connectivity index (χ1v) is 9.01.